The fraction of sp³-hybridized carbons (Fsp3) is 0.222. The zero-order chi connectivity index (χ0) is 25.7. The summed E-state index contributed by atoms with van der Waals surface area (Å²) in [5, 5.41) is 7.15. The Labute approximate surface area is 206 Å². The number of hydrogen-bond donors (Lipinski definition) is 1. The fourth-order valence-corrected chi connectivity index (χ4v) is 3.65. The molecule has 0 aliphatic carbocycles. The average Bonchev–Trinajstić information content (AvgIpc) is 3.32. The van der Waals surface area contributed by atoms with Gasteiger partial charge in [-0.3, -0.25) is 4.79 Å². The largest absolute Gasteiger partial charge is 0.466 e. The molecule has 0 radical (unpaired) electrons. The first kappa shape index (κ1) is 25.0. The molecule has 0 aliphatic heterocycles. The molecular weight excluding hydrogens is 469 g/mol. The van der Waals surface area contributed by atoms with Crippen LogP contribution in [-0.2, 0) is 12.6 Å². The molecule has 3 aromatic carbocycles. The summed E-state index contributed by atoms with van der Waals surface area (Å²) in [6.45, 7) is 2.14. The highest BCUT2D eigenvalue weighted by Crippen LogP contribution is 2.31. The van der Waals surface area contributed by atoms with Crippen LogP contribution in [0.2, 0.25) is 0 Å². The van der Waals surface area contributed by atoms with Crippen LogP contribution in [0.5, 0.6) is 6.01 Å². The first-order valence-electron chi connectivity index (χ1n) is 11.5. The summed E-state index contributed by atoms with van der Waals surface area (Å²) >= 11 is 0. The number of benzene rings is 3. The number of amides is 1. The molecule has 0 atom stereocenters. The molecule has 9 heteroatoms. The summed E-state index contributed by atoms with van der Waals surface area (Å²) in [6.07, 6.45) is -1.22. The van der Waals surface area contributed by atoms with Gasteiger partial charge in [-0.1, -0.05) is 37.6 Å². The number of carbonyl (C=O) groups is 1. The molecule has 4 rings (SSSR count). The minimum atomic E-state index is -4.43. The number of aryl methyl sites for hydroxylation is 1. The van der Waals surface area contributed by atoms with Crippen LogP contribution in [0.15, 0.2) is 72.8 Å². The third kappa shape index (κ3) is 5.73. The zero-order valence-electron chi connectivity index (χ0n) is 19.8. The first-order chi connectivity index (χ1) is 17.3. The molecule has 6 nitrogen and oxygen atoms in total. The van der Waals surface area contributed by atoms with Crippen molar-refractivity contribution in [1.29, 1.82) is 0 Å². The van der Waals surface area contributed by atoms with Gasteiger partial charge in [-0.05, 0) is 66.9 Å². The van der Waals surface area contributed by atoms with Crippen molar-refractivity contribution < 1.29 is 22.7 Å². The maximum Gasteiger partial charge on any atom is 0.416 e. The van der Waals surface area contributed by atoms with Crippen LogP contribution in [0.1, 0.15) is 41.3 Å². The summed E-state index contributed by atoms with van der Waals surface area (Å²) in [5.41, 5.74) is 2.63. The van der Waals surface area contributed by atoms with Gasteiger partial charge in [-0.2, -0.15) is 18.2 Å². The van der Waals surface area contributed by atoms with Crippen molar-refractivity contribution >= 4 is 11.6 Å². The quantitative estimate of drug-likeness (QED) is 0.301. The second-order valence-corrected chi connectivity index (χ2v) is 8.21. The van der Waals surface area contributed by atoms with Crippen LogP contribution in [0.3, 0.4) is 0 Å². The van der Waals surface area contributed by atoms with Gasteiger partial charge in [0.15, 0.2) is 5.82 Å². The Morgan fingerprint density at radius 2 is 1.64 bits per heavy atom. The Bertz CT molecular complexity index is 1310. The Hall–Kier alpha value is -4.14. The van der Waals surface area contributed by atoms with Crippen LogP contribution < -0.4 is 10.1 Å². The highest BCUT2D eigenvalue weighted by atomic mass is 19.4. The van der Waals surface area contributed by atoms with Crippen molar-refractivity contribution in [3.05, 3.63) is 89.5 Å². The molecule has 0 bridgehead atoms. The van der Waals surface area contributed by atoms with E-state index in [1.807, 2.05) is 24.3 Å². The summed E-state index contributed by atoms with van der Waals surface area (Å²) in [4.78, 5) is 16.9. The lowest BCUT2D eigenvalue weighted by molar-refractivity contribution is -0.137. The molecule has 0 spiro atoms. The minimum absolute atomic E-state index is 0.0738. The Morgan fingerprint density at radius 1 is 0.972 bits per heavy atom. The van der Waals surface area contributed by atoms with Gasteiger partial charge in [0, 0.05) is 16.8 Å². The molecule has 1 amide bonds. The molecule has 36 heavy (non-hydrogen) atoms. The molecule has 1 N–H and O–H groups in total. The summed E-state index contributed by atoms with van der Waals surface area (Å²) in [7, 11) is 1.41. The number of nitrogens with zero attached hydrogens (tertiary/aromatic N) is 3. The number of nitrogens with one attached hydrogen (secondary N) is 1. The van der Waals surface area contributed by atoms with Crippen molar-refractivity contribution in [2.45, 2.75) is 32.4 Å². The second kappa shape index (κ2) is 10.6. The molecule has 0 aliphatic rings. The van der Waals surface area contributed by atoms with Crippen LogP contribution in [-0.4, -0.2) is 27.8 Å². The van der Waals surface area contributed by atoms with Crippen LogP contribution in [0.25, 0.3) is 17.1 Å². The summed E-state index contributed by atoms with van der Waals surface area (Å²) in [6, 6.07) is 19.2. The van der Waals surface area contributed by atoms with Gasteiger partial charge < -0.3 is 10.1 Å². The lowest BCUT2D eigenvalue weighted by atomic mass is 10.1. The third-order valence-corrected chi connectivity index (χ3v) is 5.65. The number of carbonyl (C=O) groups excluding carboxylic acids is 1. The van der Waals surface area contributed by atoms with Crippen LogP contribution in [0, 0.1) is 0 Å². The van der Waals surface area contributed by atoms with E-state index < -0.39 is 11.7 Å². The number of aromatic nitrogens is 3. The van der Waals surface area contributed by atoms with Crippen molar-refractivity contribution in [2.75, 3.05) is 12.4 Å². The molecule has 0 unspecified atom stereocenters. The topological polar surface area (TPSA) is 69.0 Å². The van der Waals surface area contributed by atoms with Crippen LogP contribution in [0.4, 0.5) is 18.9 Å². The number of ether oxygens (including phenoxy) is 1. The Balaban J connectivity index is 1.52. The van der Waals surface area contributed by atoms with E-state index in [9.17, 15) is 18.0 Å². The number of alkyl halides is 3. The maximum atomic E-state index is 12.9. The maximum absolute atomic E-state index is 12.9. The van der Waals surface area contributed by atoms with Crippen LogP contribution >= 0.6 is 0 Å². The van der Waals surface area contributed by atoms with Gasteiger partial charge >= 0.3 is 12.2 Å². The highest BCUT2D eigenvalue weighted by molar-refractivity contribution is 6.04. The molecule has 1 aromatic heterocycles. The van der Waals surface area contributed by atoms with E-state index in [-0.39, 0.29) is 11.9 Å². The lowest BCUT2D eigenvalue weighted by Gasteiger charge is -2.10. The van der Waals surface area contributed by atoms with E-state index >= 15 is 0 Å². The predicted molar refractivity (Wildman–Crippen MR) is 131 cm³/mol. The number of anilines is 1. The van der Waals surface area contributed by atoms with E-state index in [1.54, 1.807) is 24.3 Å². The molecule has 0 saturated heterocycles. The lowest BCUT2D eigenvalue weighted by Crippen LogP contribution is -2.12. The first-order valence-corrected chi connectivity index (χ1v) is 11.5. The van der Waals surface area contributed by atoms with E-state index in [0.29, 0.717) is 28.3 Å². The van der Waals surface area contributed by atoms with Gasteiger partial charge in [-0.15, -0.1) is 5.10 Å². The third-order valence-electron chi connectivity index (χ3n) is 5.65. The van der Waals surface area contributed by atoms with E-state index in [4.69, 9.17) is 4.74 Å². The zero-order valence-corrected chi connectivity index (χ0v) is 19.8. The minimum Gasteiger partial charge on any atom is -0.466 e. The average molecular weight is 495 g/mol. The van der Waals surface area contributed by atoms with E-state index in [0.717, 1.165) is 31.4 Å². The van der Waals surface area contributed by atoms with Gasteiger partial charge in [0.2, 0.25) is 0 Å². The van der Waals surface area contributed by atoms with Gasteiger partial charge in [0.05, 0.1) is 18.4 Å². The van der Waals surface area contributed by atoms with Crippen molar-refractivity contribution in [1.82, 2.24) is 14.8 Å². The molecular formula is C27H25F3N4O2. The number of unbranched alkanes of at least 4 members (excludes halogenated alkanes) is 1. The molecule has 4 aromatic rings. The SMILES string of the molecule is CCCCc1ccc(C(=O)Nc2ccc(-n3nc(OC)nc3-c3ccc(C(F)(F)F)cc3)cc2)cc1. The molecule has 0 fully saturated rings. The van der Waals surface area contributed by atoms with E-state index in [2.05, 4.69) is 22.3 Å². The van der Waals surface area contributed by atoms with Gasteiger partial charge in [0.25, 0.3) is 5.91 Å². The van der Waals surface area contributed by atoms with Crippen molar-refractivity contribution in [3.63, 3.8) is 0 Å². The predicted octanol–water partition coefficient (Wildman–Crippen LogP) is 6.56. The summed E-state index contributed by atoms with van der Waals surface area (Å²) in [5.74, 6) is 0.0955. The van der Waals surface area contributed by atoms with Gasteiger partial charge in [-0.25, -0.2) is 4.68 Å². The number of rotatable bonds is 8. The smallest absolute Gasteiger partial charge is 0.416 e. The van der Waals surface area contributed by atoms with Crippen molar-refractivity contribution in [3.8, 4) is 23.1 Å². The van der Waals surface area contributed by atoms with E-state index in [1.165, 1.54) is 29.5 Å². The van der Waals surface area contributed by atoms with Crippen molar-refractivity contribution in [2.24, 2.45) is 0 Å². The molecule has 0 saturated carbocycles. The normalized spacial score (nSPS) is 11.4. The Kier molecular flexibility index (Phi) is 7.38. The fourth-order valence-electron chi connectivity index (χ4n) is 3.65. The number of methoxy groups -OCH3 is 1. The molecule has 186 valence electrons. The number of hydrogen-bond acceptors (Lipinski definition) is 4. The summed E-state index contributed by atoms with van der Waals surface area (Å²) < 4.78 is 45.4. The Morgan fingerprint density at radius 3 is 2.22 bits per heavy atom. The standard InChI is InChI=1S/C27H25F3N4O2/c1-3-4-5-18-6-8-20(9-7-18)25(35)31-22-14-16-23(17-15-22)34-24(32-26(33-34)36-2)19-10-12-21(13-11-19)27(28,29)30/h6-17H,3-5H2,1-2H3,(H,31,35). The monoisotopic (exact) mass is 494 g/mol. The molecule has 1 heterocycles. The number of halogens is 3. The second-order valence-electron chi connectivity index (χ2n) is 8.21. The van der Waals surface area contributed by atoms with Gasteiger partial charge in [0.1, 0.15) is 0 Å². The highest BCUT2D eigenvalue weighted by Gasteiger charge is 2.30.